The third-order valence-electron chi connectivity index (χ3n) is 4.21. The summed E-state index contributed by atoms with van der Waals surface area (Å²) in [7, 11) is -3.16. The van der Waals surface area contributed by atoms with E-state index in [0.29, 0.717) is 31.8 Å². The Morgan fingerprint density at radius 2 is 1.78 bits per heavy atom. The lowest BCUT2D eigenvalue weighted by Gasteiger charge is -2.31. The van der Waals surface area contributed by atoms with Crippen LogP contribution in [0.4, 0.5) is 0 Å². The van der Waals surface area contributed by atoms with Gasteiger partial charge in [-0.3, -0.25) is 4.79 Å². The van der Waals surface area contributed by atoms with Gasteiger partial charge in [-0.1, -0.05) is 19.3 Å². The summed E-state index contributed by atoms with van der Waals surface area (Å²) >= 11 is 0. The first-order valence-corrected chi connectivity index (χ1v) is 8.30. The molecule has 1 saturated heterocycles. The lowest BCUT2D eigenvalue weighted by molar-refractivity contribution is -0.142. The summed E-state index contributed by atoms with van der Waals surface area (Å²) in [4.78, 5) is 10.8. The van der Waals surface area contributed by atoms with Crippen molar-refractivity contribution in [3.05, 3.63) is 0 Å². The van der Waals surface area contributed by atoms with Crippen LogP contribution < -0.4 is 0 Å². The van der Waals surface area contributed by atoms with Crippen LogP contribution in [0.2, 0.25) is 0 Å². The van der Waals surface area contributed by atoms with Gasteiger partial charge in [-0.05, 0) is 25.2 Å². The van der Waals surface area contributed by atoms with Gasteiger partial charge in [0.1, 0.15) is 0 Å². The summed E-state index contributed by atoms with van der Waals surface area (Å²) in [5, 5.41) is 8.88. The van der Waals surface area contributed by atoms with E-state index in [2.05, 4.69) is 0 Å². The summed E-state index contributed by atoms with van der Waals surface area (Å²) in [5.74, 6) is -0.351. The largest absolute Gasteiger partial charge is 0.481 e. The fourth-order valence-electron chi connectivity index (χ4n) is 2.61. The predicted molar refractivity (Wildman–Crippen MR) is 67.7 cm³/mol. The summed E-state index contributed by atoms with van der Waals surface area (Å²) < 4.78 is 25.6. The first-order chi connectivity index (χ1) is 8.49. The van der Waals surface area contributed by atoms with E-state index in [1.54, 1.807) is 0 Å². The van der Waals surface area contributed by atoms with Crippen LogP contribution in [0, 0.1) is 11.8 Å². The molecule has 1 N–H and O–H groups in total. The van der Waals surface area contributed by atoms with Crippen LogP contribution in [0.5, 0.6) is 0 Å². The number of carbonyl (C=O) groups is 1. The molecule has 1 aliphatic carbocycles. The highest BCUT2D eigenvalue weighted by atomic mass is 32.2. The molecule has 1 heterocycles. The number of nitrogens with zero attached hydrogens (tertiary/aromatic N) is 1. The third kappa shape index (κ3) is 3.23. The molecule has 2 aliphatic rings. The highest BCUT2D eigenvalue weighted by Gasteiger charge is 2.31. The van der Waals surface area contributed by atoms with Crippen molar-refractivity contribution in [2.75, 3.05) is 18.8 Å². The minimum atomic E-state index is -3.16. The Balaban J connectivity index is 1.81. The number of carboxylic acids is 1. The molecule has 1 saturated carbocycles. The average molecular weight is 275 g/mol. The molecule has 18 heavy (non-hydrogen) atoms. The topological polar surface area (TPSA) is 74.7 Å². The summed E-state index contributed by atoms with van der Waals surface area (Å²) in [5.41, 5.74) is 0. The molecule has 0 atom stereocenters. The first kappa shape index (κ1) is 13.8. The minimum absolute atomic E-state index is 0.232. The van der Waals surface area contributed by atoms with Crippen molar-refractivity contribution in [3.63, 3.8) is 0 Å². The van der Waals surface area contributed by atoms with Gasteiger partial charge in [0.25, 0.3) is 0 Å². The van der Waals surface area contributed by atoms with Crippen LogP contribution in [0.3, 0.4) is 0 Å². The fraction of sp³-hybridized carbons (Fsp3) is 0.917. The van der Waals surface area contributed by atoms with Crippen molar-refractivity contribution < 1.29 is 18.3 Å². The van der Waals surface area contributed by atoms with Gasteiger partial charge in [0.15, 0.2) is 0 Å². The zero-order chi connectivity index (χ0) is 13.2. The van der Waals surface area contributed by atoms with Crippen molar-refractivity contribution in [1.82, 2.24) is 4.31 Å². The summed E-state index contributed by atoms with van der Waals surface area (Å²) in [6.07, 6.45) is 5.21. The second kappa shape index (κ2) is 5.57. The second-order valence-corrected chi connectivity index (χ2v) is 7.50. The maximum Gasteiger partial charge on any atom is 0.306 e. The van der Waals surface area contributed by atoms with E-state index in [1.165, 1.54) is 10.7 Å². The molecule has 0 radical (unpaired) electrons. The van der Waals surface area contributed by atoms with E-state index in [1.807, 2.05) is 0 Å². The van der Waals surface area contributed by atoms with Crippen LogP contribution in [0.15, 0.2) is 0 Å². The van der Waals surface area contributed by atoms with Crippen LogP contribution in [-0.2, 0) is 14.8 Å². The van der Waals surface area contributed by atoms with Crippen molar-refractivity contribution in [2.24, 2.45) is 11.8 Å². The number of hydrogen-bond acceptors (Lipinski definition) is 3. The molecule has 0 spiro atoms. The van der Waals surface area contributed by atoms with Gasteiger partial charge >= 0.3 is 5.97 Å². The zero-order valence-electron chi connectivity index (χ0n) is 10.5. The first-order valence-electron chi connectivity index (χ1n) is 6.69. The molecule has 0 bridgehead atoms. The monoisotopic (exact) mass is 275 g/mol. The van der Waals surface area contributed by atoms with Gasteiger partial charge < -0.3 is 5.11 Å². The van der Waals surface area contributed by atoms with E-state index in [9.17, 15) is 13.2 Å². The normalized spacial score (nSPS) is 23.8. The molecule has 2 rings (SSSR count). The molecular formula is C12H21NO4S. The molecule has 0 unspecified atom stereocenters. The van der Waals surface area contributed by atoms with Gasteiger partial charge in [0, 0.05) is 13.1 Å². The van der Waals surface area contributed by atoms with Crippen molar-refractivity contribution in [3.8, 4) is 0 Å². The van der Waals surface area contributed by atoms with E-state index < -0.39 is 16.0 Å². The third-order valence-corrected chi connectivity index (χ3v) is 6.11. The zero-order valence-corrected chi connectivity index (χ0v) is 11.4. The predicted octanol–water partition coefficient (Wildman–Crippen LogP) is 1.30. The fourth-order valence-corrected chi connectivity index (χ4v) is 4.26. The molecule has 104 valence electrons. The molecule has 0 aromatic carbocycles. The van der Waals surface area contributed by atoms with Crippen LogP contribution in [0.1, 0.15) is 38.5 Å². The summed E-state index contributed by atoms with van der Waals surface area (Å²) in [6.45, 7) is 0.730. The number of sulfonamides is 1. The number of rotatable bonds is 5. The number of hydrogen-bond donors (Lipinski definition) is 1. The summed E-state index contributed by atoms with van der Waals surface area (Å²) in [6, 6.07) is 0. The van der Waals surface area contributed by atoms with Crippen LogP contribution in [0.25, 0.3) is 0 Å². The maximum atomic E-state index is 12.1. The van der Waals surface area contributed by atoms with E-state index >= 15 is 0 Å². The van der Waals surface area contributed by atoms with Crippen LogP contribution in [-0.4, -0.2) is 42.6 Å². The minimum Gasteiger partial charge on any atom is -0.481 e. The molecule has 5 nitrogen and oxygen atoms in total. The molecule has 0 aromatic rings. The van der Waals surface area contributed by atoms with E-state index in [4.69, 9.17) is 5.11 Å². The number of carboxylic acid groups (broad SMARTS) is 1. The molecule has 0 amide bonds. The Hall–Kier alpha value is -0.620. The molecule has 1 aliphatic heterocycles. The van der Waals surface area contributed by atoms with Crippen molar-refractivity contribution in [2.45, 2.75) is 38.5 Å². The number of piperidine rings is 1. The Bertz CT molecular complexity index is 394. The molecule has 0 aromatic heterocycles. The smallest absolute Gasteiger partial charge is 0.306 e. The molecule has 6 heteroatoms. The Morgan fingerprint density at radius 3 is 2.22 bits per heavy atom. The van der Waals surface area contributed by atoms with Gasteiger partial charge in [-0.25, -0.2) is 12.7 Å². The van der Waals surface area contributed by atoms with E-state index in [0.717, 1.165) is 19.3 Å². The molecular weight excluding hydrogens is 254 g/mol. The van der Waals surface area contributed by atoms with Gasteiger partial charge in [0.05, 0.1) is 11.7 Å². The quantitative estimate of drug-likeness (QED) is 0.820. The van der Waals surface area contributed by atoms with Crippen molar-refractivity contribution >= 4 is 16.0 Å². The Kier molecular flexibility index (Phi) is 4.27. The second-order valence-electron chi connectivity index (χ2n) is 5.41. The Labute approximate surface area is 108 Å². The lowest BCUT2D eigenvalue weighted by Crippen LogP contribution is -2.41. The van der Waals surface area contributed by atoms with Gasteiger partial charge in [0.2, 0.25) is 10.0 Å². The maximum absolute atomic E-state index is 12.1. The van der Waals surface area contributed by atoms with Crippen molar-refractivity contribution in [1.29, 1.82) is 0 Å². The molecule has 2 fully saturated rings. The highest BCUT2D eigenvalue weighted by Crippen LogP contribution is 2.30. The van der Waals surface area contributed by atoms with Gasteiger partial charge in [-0.15, -0.1) is 0 Å². The number of aliphatic carboxylic acids is 1. The van der Waals surface area contributed by atoms with E-state index in [-0.39, 0.29) is 11.7 Å². The highest BCUT2D eigenvalue weighted by molar-refractivity contribution is 7.89. The van der Waals surface area contributed by atoms with Gasteiger partial charge in [-0.2, -0.15) is 0 Å². The average Bonchev–Trinajstić information content (AvgIpc) is 2.27. The van der Waals surface area contributed by atoms with Crippen LogP contribution >= 0.6 is 0 Å². The SMILES string of the molecule is O=C(O)C1CCN(S(=O)(=O)CCC2CCC2)CC1. The Morgan fingerprint density at radius 1 is 1.17 bits per heavy atom. The lowest BCUT2D eigenvalue weighted by atomic mass is 9.84. The standard InChI is InChI=1S/C12H21NO4S/c14-12(15)11-4-7-13(8-5-11)18(16,17)9-6-10-2-1-3-10/h10-11H,1-9H2,(H,14,15).